The molecule has 0 aromatic heterocycles. The first-order chi connectivity index (χ1) is 9.74. The molecule has 110 valence electrons. The standard InChI is InChI=1S/C16H24N2O2/c1-12(2)18-7-6-14(11-18)17-10-13-4-3-5-15-16(13)20-9-8-19-15/h3-5,12,14,17H,6-11H2,1-2H3. The first-order valence-corrected chi connectivity index (χ1v) is 7.59. The van der Waals surface area contributed by atoms with Crippen molar-refractivity contribution in [1.29, 1.82) is 0 Å². The average Bonchev–Trinajstić information content (AvgIpc) is 2.94. The summed E-state index contributed by atoms with van der Waals surface area (Å²) in [6.45, 7) is 9.02. The maximum atomic E-state index is 5.75. The summed E-state index contributed by atoms with van der Waals surface area (Å²) in [6.07, 6.45) is 1.23. The fourth-order valence-electron chi connectivity index (χ4n) is 2.95. The van der Waals surface area contributed by atoms with E-state index in [9.17, 15) is 0 Å². The van der Waals surface area contributed by atoms with Gasteiger partial charge in [-0.3, -0.25) is 4.90 Å². The maximum absolute atomic E-state index is 5.75. The van der Waals surface area contributed by atoms with Crippen molar-refractivity contribution in [2.24, 2.45) is 0 Å². The first-order valence-electron chi connectivity index (χ1n) is 7.59. The molecule has 2 aliphatic rings. The number of nitrogens with zero attached hydrogens (tertiary/aromatic N) is 1. The molecule has 1 saturated heterocycles. The van der Waals surface area contributed by atoms with Gasteiger partial charge in [0.05, 0.1) is 0 Å². The van der Waals surface area contributed by atoms with E-state index in [0.717, 1.165) is 24.6 Å². The first kappa shape index (κ1) is 13.7. The van der Waals surface area contributed by atoms with Gasteiger partial charge in [0.1, 0.15) is 13.2 Å². The predicted octanol–water partition coefficient (Wildman–Crippen LogP) is 2.03. The van der Waals surface area contributed by atoms with Crippen LogP contribution in [0.15, 0.2) is 18.2 Å². The maximum Gasteiger partial charge on any atom is 0.165 e. The molecule has 20 heavy (non-hydrogen) atoms. The van der Waals surface area contributed by atoms with Gasteiger partial charge in [0.2, 0.25) is 0 Å². The number of nitrogens with one attached hydrogen (secondary N) is 1. The molecule has 2 aliphatic heterocycles. The van der Waals surface area contributed by atoms with Gasteiger partial charge in [0, 0.05) is 30.7 Å². The quantitative estimate of drug-likeness (QED) is 0.912. The number of hydrogen-bond donors (Lipinski definition) is 1. The van der Waals surface area contributed by atoms with Crippen molar-refractivity contribution in [2.75, 3.05) is 26.3 Å². The van der Waals surface area contributed by atoms with E-state index in [4.69, 9.17) is 9.47 Å². The number of hydrogen-bond acceptors (Lipinski definition) is 4. The van der Waals surface area contributed by atoms with Crippen LogP contribution in [-0.2, 0) is 6.54 Å². The highest BCUT2D eigenvalue weighted by Gasteiger charge is 2.24. The van der Waals surface area contributed by atoms with E-state index in [-0.39, 0.29) is 0 Å². The van der Waals surface area contributed by atoms with Gasteiger partial charge in [-0.2, -0.15) is 0 Å². The zero-order chi connectivity index (χ0) is 13.9. The number of fused-ring (bicyclic) bond motifs is 1. The van der Waals surface area contributed by atoms with Gasteiger partial charge in [-0.15, -0.1) is 0 Å². The molecule has 2 heterocycles. The van der Waals surface area contributed by atoms with Crippen LogP contribution in [0.5, 0.6) is 11.5 Å². The van der Waals surface area contributed by atoms with Crippen molar-refractivity contribution in [1.82, 2.24) is 10.2 Å². The summed E-state index contributed by atoms with van der Waals surface area (Å²) in [5.74, 6) is 1.80. The molecule has 1 unspecified atom stereocenters. The van der Waals surface area contributed by atoms with Gasteiger partial charge < -0.3 is 14.8 Å². The zero-order valence-corrected chi connectivity index (χ0v) is 12.4. The minimum absolute atomic E-state index is 0.581. The van der Waals surface area contributed by atoms with E-state index in [1.54, 1.807) is 0 Å². The van der Waals surface area contributed by atoms with Gasteiger partial charge >= 0.3 is 0 Å². The fourth-order valence-corrected chi connectivity index (χ4v) is 2.95. The van der Waals surface area contributed by atoms with E-state index in [1.165, 1.54) is 18.5 Å². The Balaban J connectivity index is 1.59. The number of ether oxygens (including phenoxy) is 2. The summed E-state index contributed by atoms with van der Waals surface area (Å²) >= 11 is 0. The molecule has 4 heteroatoms. The van der Waals surface area contributed by atoms with E-state index < -0.39 is 0 Å². The third kappa shape index (κ3) is 2.91. The number of benzene rings is 1. The van der Waals surface area contributed by atoms with Crippen LogP contribution in [0.25, 0.3) is 0 Å². The van der Waals surface area contributed by atoms with Crippen molar-refractivity contribution >= 4 is 0 Å². The Hall–Kier alpha value is -1.26. The largest absolute Gasteiger partial charge is 0.486 e. The topological polar surface area (TPSA) is 33.7 Å². The number of likely N-dealkylation sites (tertiary alicyclic amines) is 1. The highest BCUT2D eigenvalue weighted by molar-refractivity contribution is 5.47. The SMILES string of the molecule is CC(C)N1CCC(NCc2cccc3c2OCCO3)C1. The summed E-state index contributed by atoms with van der Waals surface area (Å²) in [7, 11) is 0. The molecule has 0 aliphatic carbocycles. The molecular formula is C16H24N2O2. The van der Waals surface area contributed by atoms with E-state index in [1.807, 2.05) is 12.1 Å². The zero-order valence-electron chi connectivity index (χ0n) is 12.4. The third-order valence-corrected chi connectivity index (χ3v) is 4.18. The molecule has 0 spiro atoms. The summed E-state index contributed by atoms with van der Waals surface area (Å²) in [5, 5.41) is 3.66. The predicted molar refractivity (Wildman–Crippen MR) is 79.4 cm³/mol. The molecule has 0 amide bonds. The molecule has 1 aromatic rings. The monoisotopic (exact) mass is 276 g/mol. The van der Waals surface area contributed by atoms with E-state index >= 15 is 0 Å². The second-order valence-electron chi connectivity index (χ2n) is 5.90. The van der Waals surface area contributed by atoms with Crippen molar-refractivity contribution in [3.8, 4) is 11.5 Å². The van der Waals surface area contributed by atoms with Gasteiger partial charge in [0.15, 0.2) is 11.5 Å². The van der Waals surface area contributed by atoms with Gasteiger partial charge in [0.25, 0.3) is 0 Å². The lowest BCUT2D eigenvalue weighted by molar-refractivity contribution is 0.169. The Morgan fingerprint density at radius 2 is 2.15 bits per heavy atom. The number of rotatable bonds is 4. The Bertz CT molecular complexity index is 462. The lowest BCUT2D eigenvalue weighted by atomic mass is 10.1. The summed E-state index contributed by atoms with van der Waals surface area (Å²) in [4.78, 5) is 2.53. The summed E-state index contributed by atoms with van der Waals surface area (Å²) < 4.78 is 11.4. The van der Waals surface area contributed by atoms with Gasteiger partial charge in [-0.1, -0.05) is 12.1 Å². The molecule has 1 aromatic carbocycles. The van der Waals surface area contributed by atoms with Gasteiger partial charge in [-0.05, 0) is 32.9 Å². The molecular weight excluding hydrogens is 252 g/mol. The lowest BCUT2D eigenvalue weighted by Crippen LogP contribution is -2.35. The smallest absolute Gasteiger partial charge is 0.165 e. The van der Waals surface area contributed by atoms with Crippen LogP contribution in [0.1, 0.15) is 25.8 Å². The van der Waals surface area contributed by atoms with E-state index in [0.29, 0.717) is 25.3 Å². The summed E-state index contributed by atoms with van der Waals surface area (Å²) in [6, 6.07) is 7.37. The van der Waals surface area contributed by atoms with Crippen LogP contribution < -0.4 is 14.8 Å². The Labute approximate surface area is 121 Å². The second kappa shape index (κ2) is 6.02. The minimum atomic E-state index is 0.581. The highest BCUT2D eigenvalue weighted by atomic mass is 16.6. The number of para-hydroxylation sites is 1. The minimum Gasteiger partial charge on any atom is -0.486 e. The molecule has 1 N–H and O–H groups in total. The van der Waals surface area contributed by atoms with Crippen LogP contribution >= 0.6 is 0 Å². The lowest BCUT2D eigenvalue weighted by Gasteiger charge is -2.23. The van der Waals surface area contributed by atoms with Crippen LogP contribution in [-0.4, -0.2) is 43.3 Å². The molecule has 4 nitrogen and oxygen atoms in total. The normalized spacial score (nSPS) is 22.4. The molecule has 1 fully saturated rings. The summed E-state index contributed by atoms with van der Waals surface area (Å²) in [5.41, 5.74) is 1.20. The molecule has 0 bridgehead atoms. The fraction of sp³-hybridized carbons (Fsp3) is 0.625. The van der Waals surface area contributed by atoms with Gasteiger partial charge in [-0.25, -0.2) is 0 Å². The molecule has 0 saturated carbocycles. The average molecular weight is 276 g/mol. The molecule has 1 atom stereocenters. The van der Waals surface area contributed by atoms with Crippen molar-refractivity contribution < 1.29 is 9.47 Å². The van der Waals surface area contributed by atoms with Crippen LogP contribution in [0.2, 0.25) is 0 Å². The Morgan fingerprint density at radius 3 is 2.95 bits per heavy atom. The van der Waals surface area contributed by atoms with Crippen molar-refractivity contribution in [3.63, 3.8) is 0 Å². The highest BCUT2D eigenvalue weighted by Crippen LogP contribution is 2.33. The second-order valence-corrected chi connectivity index (χ2v) is 5.90. The molecule has 0 radical (unpaired) electrons. The van der Waals surface area contributed by atoms with Crippen LogP contribution in [0, 0.1) is 0 Å². The van der Waals surface area contributed by atoms with E-state index in [2.05, 4.69) is 30.1 Å². The van der Waals surface area contributed by atoms with Crippen LogP contribution in [0.3, 0.4) is 0 Å². The van der Waals surface area contributed by atoms with Crippen LogP contribution in [0.4, 0.5) is 0 Å². The molecule has 3 rings (SSSR count). The Morgan fingerprint density at radius 1 is 1.30 bits per heavy atom. The Kier molecular flexibility index (Phi) is 4.13. The third-order valence-electron chi connectivity index (χ3n) is 4.18. The van der Waals surface area contributed by atoms with Crippen molar-refractivity contribution in [3.05, 3.63) is 23.8 Å². The van der Waals surface area contributed by atoms with Crippen molar-refractivity contribution in [2.45, 2.75) is 38.9 Å².